The normalized spacial score (nSPS) is 18.4. The zero-order valence-electron chi connectivity index (χ0n) is 13.9. The highest BCUT2D eigenvalue weighted by atomic mass is 16.1. The van der Waals surface area contributed by atoms with Crippen molar-refractivity contribution in [3.8, 4) is 0 Å². The summed E-state index contributed by atoms with van der Waals surface area (Å²) in [5.74, 6) is 0.763. The third-order valence-electron chi connectivity index (χ3n) is 4.92. The van der Waals surface area contributed by atoms with E-state index in [0.717, 1.165) is 49.8 Å². The summed E-state index contributed by atoms with van der Waals surface area (Å²) in [5, 5.41) is 0. The fourth-order valence-corrected chi connectivity index (χ4v) is 3.61. The molecular formula is C18H23N5O. The van der Waals surface area contributed by atoms with Gasteiger partial charge in [0.05, 0.1) is 11.3 Å². The summed E-state index contributed by atoms with van der Waals surface area (Å²) >= 11 is 0. The van der Waals surface area contributed by atoms with Gasteiger partial charge >= 0.3 is 0 Å². The fraction of sp³-hybridized carbons (Fsp3) is 0.500. The molecule has 0 aliphatic carbocycles. The number of nitrogens with one attached hydrogen (secondary N) is 1. The number of hydrogen-bond acceptors (Lipinski definition) is 5. The van der Waals surface area contributed by atoms with Crippen LogP contribution in [0.25, 0.3) is 0 Å². The first-order valence-electron chi connectivity index (χ1n) is 8.78. The third-order valence-corrected chi connectivity index (χ3v) is 4.92. The van der Waals surface area contributed by atoms with Crippen LogP contribution in [0.4, 0.5) is 5.95 Å². The average molecular weight is 325 g/mol. The van der Waals surface area contributed by atoms with Gasteiger partial charge < -0.3 is 4.90 Å². The molecule has 2 aliphatic heterocycles. The van der Waals surface area contributed by atoms with Gasteiger partial charge in [-0.05, 0) is 30.9 Å². The topological polar surface area (TPSA) is 65.1 Å². The highest BCUT2D eigenvalue weighted by Crippen LogP contribution is 2.20. The van der Waals surface area contributed by atoms with E-state index in [1.54, 1.807) is 6.20 Å². The van der Waals surface area contributed by atoms with Crippen LogP contribution in [0.15, 0.2) is 29.3 Å². The van der Waals surface area contributed by atoms with E-state index >= 15 is 0 Å². The summed E-state index contributed by atoms with van der Waals surface area (Å²) < 4.78 is 0. The Balaban J connectivity index is 1.53. The molecule has 6 nitrogen and oxygen atoms in total. The minimum absolute atomic E-state index is 0.0245. The van der Waals surface area contributed by atoms with E-state index in [1.807, 2.05) is 12.3 Å². The van der Waals surface area contributed by atoms with Crippen LogP contribution >= 0.6 is 0 Å². The first kappa shape index (κ1) is 15.3. The van der Waals surface area contributed by atoms with E-state index in [1.165, 1.54) is 24.8 Å². The Hall–Kier alpha value is -2.21. The summed E-state index contributed by atoms with van der Waals surface area (Å²) in [5.41, 5.74) is 3.00. The monoisotopic (exact) mass is 325 g/mol. The Morgan fingerprint density at radius 3 is 2.83 bits per heavy atom. The second-order valence-electron chi connectivity index (χ2n) is 6.68. The van der Waals surface area contributed by atoms with Crippen molar-refractivity contribution < 1.29 is 0 Å². The Morgan fingerprint density at radius 1 is 1.17 bits per heavy atom. The molecule has 1 fully saturated rings. The minimum atomic E-state index is 0.0245. The number of hydrogen-bond donors (Lipinski definition) is 1. The summed E-state index contributed by atoms with van der Waals surface area (Å²) in [6, 6.07) is 4.02. The summed E-state index contributed by atoms with van der Waals surface area (Å²) in [7, 11) is 0. The maximum absolute atomic E-state index is 12.6. The maximum Gasteiger partial charge on any atom is 0.257 e. The minimum Gasteiger partial charge on any atom is -0.342 e. The van der Waals surface area contributed by atoms with Gasteiger partial charge in [-0.15, -0.1) is 0 Å². The van der Waals surface area contributed by atoms with Crippen molar-refractivity contribution in [1.29, 1.82) is 0 Å². The molecule has 0 aromatic carbocycles. The van der Waals surface area contributed by atoms with Crippen molar-refractivity contribution in [2.24, 2.45) is 0 Å². The second kappa shape index (κ2) is 6.73. The Kier molecular flexibility index (Phi) is 4.30. The van der Waals surface area contributed by atoms with Crippen LogP contribution < -0.4 is 10.5 Å². The van der Waals surface area contributed by atoms with Gasteiger partial charge in [-0.1, -0.05) is 6.07 Å². The highest BCUT2D eigenvalue weighted by molar-refractivity contribution is 5.34. The number of fused-ring (bicyclic) bond motifs is 1. The second-order valence-corrected chi connectivity index (χ2v) is 6.68. The molecule has 6 heteroatoms. The van der Waals surface area contributed by atoms with Crippen molar-refractivity contribution >= 4 is 5.95 Å². The van der Waals surface area contributed by atoms with Crippen molar-refractivity contribution in [2.45, 2.75) is 38.8 Å². The molecule has 0 bridgehead atoms. The molecule has 2 aromatic heterocycles. The SMILES string of the molecule is O=c1[nH]c(N2CCCCC2)nc2c1CN(Cc1cccnc1)CC2. The van der Waals surface area contributed by atoms with E-state index in [9.17, 15) is 4.79 Å². The first-order valence-corrected chi connectivity index (χ1v) is 8.78. The van der Waals surface area contributed by atoms with Gasteiger partial charge in [-0.3, -0.25) is 19.7 Å². The molecule has 2 aromatic rings. The van der Waals surface area contributed by atoms with E-state index in [2.05, 4.69) is 25.8 Å². The molecule has 0 saturated carbocycles. The van der Waals surface area contributed by atoms with E-state index < -0.39 is 0 Å². The fourth-order valence-electron chi connectivity index (χ4n) is 3.61. The zero-order valence-corrected chi connectivity index (χ0v) is 13.9. The van der Waals surface area contributed by atoms with Crippen LogP contribution in [0.2, 0.25) is 0 Å². The molecule has 0 radical (unpaired) electrons. The number of aromatic nitrogens is 3. The lowest BCUT2D eigenvalue weighted by Gasteiger charge is -2.30. The van der Waals surface area contributed by atoms with Gasteiger partial charge in [-0.25, -0.2) is 4.98 Å². The predicted molar refractivity (Wildman–Crippen MR) is 93.0 cm³/mol. The predicted octanol–water partition coefficient (Wildman–Crippen LogP) is 1.71. The molecule has 4 rings (SSSR count). The molecule has 0 atom stereocenters. The van der Waals surface area contributed by atoms with Crippen LogP contribution in [0.5, 0.6) is 0 Å². The number of pyridine rings is 1. The van der Waals surface area contributed by atoms with Crippen molar-refractivity contribution in [2.75, 3.05) is 24.5 Å². The van der Waals surface area contributed by atoms with Gasteiger partial charge in [0.15, 0.2) is 0 Å². The van der Waals surface area contributed by atoms with Gasteiger partial charge in [-0.2, -0.15) is 0 Å². The molecule has 1 N–H and O–H groups in total. The lowest BCUT2D eigenvalue weighted by molar-refractivity contribution is 0.241. The van der Waals surface area contributed by atoms with Crippen molar-refractivity contribution in [3.63, 3.8) is 0 Å². The zero-order chi connectivity index (χ0) is 16.4. The Bertz CT molecular complexity index is 752. The van der Waals surface area contributed by atoms with Gasteiger partial charge in [0.25, 0.3) is 5.56 Å². The molecule has 1 saturated heterocycles. The van der Waals surface area contributed by atoms with Crippen LogP contribution in [0.3, 0.4) is 0 Å². The van der Waals surface area contributed by atoms with E-state index in [4.69, 9.17) is 4.98 Å². The largest absolute Gasteiger partial charge is 0.342 e. The summed E-state index contributed by atoms with van der Waals surface area (Å²) in [6.07, 6.45) is 8.14. The maximum atomic E-state index is 12.6. The number of piperidine rings is 1. The van der Waals surface area contributed by atoms with E-state index in [-0.39, 0.29) is 5.56 Å². The molecule has 0 spiro atoms. The molecule has 2 aliphatic rings. The Morgan fingerprint density at radius 2 is 2.04 bits per heavy atom. The van der Waals surface area contributed by atoms with Crippen LogP contribution in [-0.4, -0.2) is 39.5 Å². The number of rotatable bonds is 3. The summed E-state index contributed by atoms with van der Waals surface area (Å²) in [4.78, 5) is 29.0. The molecule has 4 heterocycles. The number of anilines is 1. The molecule has 0 unspecified atom stereocenters. The van der Waals surface area contributed by atoms with Crippen molar-refractivity contribution in [1.82, 2.24) is 19.9 Å². The first-order chi connectivity index (χ1) is 11.8. The smallest absolute Gasteiger partial charge is 0.257 e. The molecule has 0 amide bonds. The quantitative estimate of drug-likeness (QED) is 0.931. The standard InChI is InChI=1S/C18H23N5O/c24-17-15-13-22(12-14-5-4-7-19-11-14)10-6-16(15)20-18(21-17)23-8-2-1-3-9-23/h4-5,7,11H,1-3,6,8-10,12-13H2,(H,20,21,24). The lowest BCUT2D eigenvalue weighted by Crippen LogP contribution is -2.38. The molecule has 24 heavy (non-hydrogen) atoms. The lowest BCUT2D eigenvalue weighted by atomic mass is 10.1. The van der Waals surface area contributed by atoms with Crippen LogP contribution in [0, 0.1) is 0 Å². The van der Waals surface area contributed by atoms with E-state index in [0.29, 0.717) is 6.54 Å². The number of H-pyrrole nitrogens is 1. The molecule has 126 valence electrons. The van der Waals surface area contributed by atoms with Crippen LogP contribution in [0.1, 0.15) is 36.1 Å². The molecular weight excluding hydrogens is 302 g/mol. The van der Waals surface area contributed by atoms with Gasteiger partial charge in [0.1, 0.15) is 0 Å². The average Bonchev–Trinajstić information content (AvgIpc) is 2.64. The summed E-state index contributed by atoms with van der Waals surface area (Å²) in [6.45, 7) is 4.40. The highest BCUT2D eigenvalue weighted by Gasteiger charge is 2.23. The van der Waals surface area contributed by atoms with Gasteiger partial charge in [0.2, 0.25) is 5.95 Å². The number of aromatic amines is 1. The third kappa shape index (κ3) is 3.19. The van der Waals surface area contributed by atoms with Gasteiger partial charge in [0, 0.05) is 51.5 Å². The Labute approximate surface area is 141 Å². The van der Waals surface area contributed by atoms with Crippen molar-refractivity contribution in [3.05, 3.63) is 51.7 Å². The number of nitrogens with zero attached hydrogens (tertiary/aromatic N) is 4. The van der Waals surface area contributed by atoms with Crippen LogP contribution in [-0.2, 0) is 19.5 Å².